The van der Waals surface area contributed by atoms with Crippen molar-refractivity contribution in [3.05, 3.63) is 0 Å². The van der Waals surface area contributed by atoms with E-state index in [-0.39, 0.29) is 25.8 Å². The number of aliphatic hydroxyl groups excluding tert-OH is 1. The quantitative estimate of drug-likeness (QED) is 0.658. The van der Waals surface area contributed by atoms with Crippen LogP contribution in [0, 0.1) is 0 Å². The van der Waals surface area contributed by atoms with Gasteiger partial charge in [-0.2, -0.15) is 0 Å². The van der Waals surface area contributed by atoms with Crippen molar-refractivity contribution in [2.45, 2.75) is 19.9 Å². The first-order valence-corrected chi connectivity index (χ1v) is 4.64. The van der Waals surface area contributed by atoms with E-state index in [4.69, 9.17) is 5.11 Å². The minimum atomic E-state index is -0.635. The van der Waals surface area contributed by atoms with E-state index in [0.29, 0.717) is 0 Å². The summed E-state index contributed by atoms with van der Waals surface area (Å²) < 4.78 is 9.14. The van der Waals surface area contributed by atoms with E-state index in [1.54, 1.807) is 13.8 Å². The molecule has 0 aliphatic rings. The first-order chi connectivity index (χ1) is 7.02. The number of hydrogen-bond acceptors (Lipinski definition) is 5. The SMILES string of the molecule is COC(=O)CN(C(=O)OCCO)C(C)C. The third-order valence-electron chi connectivity index (χ3n) is 1.70. The average Bonchev–Trinajstić information content (AvgIpc) is 2.21. The van der Waals surface area contributed by atoms with Crippen LogP contribution < -0.4 is 0 Å². The Kier molecular flexibility index (Phi) is 6.44. The molecule has 0 unspecified atom stereocenters. The molecule has 0 aromatic rings. The highest BCUT2D eigenvalue weighted by atomic mass is 16.6. The Hall–Kier alpha value is -1.30. The van der Waals surface area contributed by atoms with E-state index in [0.717, 1.165) is 0 Å². The summed E-state index contributed by atoms with van der Waals surface area (Å²) in [6.07, 6.45) is -0.635. The minimum Gasteiger partial charge on any atom is -0.468 e. The van der Waals surface area contributed by atoms with Crippen LogP contribution in [0.25, 0.3) is 0 Å². The van der Waals surface area contributed by atoms with E-state index in [2.05, 4.69) is 9.47 Å². The minimum absolute atomic E-state index is 0.0801. The Morgan fingerprint density at radius 3 is 2.40 bits per heavy atom. The Morgan fingerprint density at radius 2 is 2.00 bits per heavy atom. The molecule has 0 aromatic carbocycles. The number of amides is 1. The summed E-state index contributed by atoms with van der Waals surface area (Å²) in [5.41, 5.74) is 0. The first-order valence-electron chi connectivity index (χ1n) is 4.64. The molecule has 0 saturated carbocycles. The first kappa shape index (κ1) is 13.7. The maximum atomic E-state index is 11.4. The predicted molar refractivity (Wildman–Crippen MR) is 52.3 cm³/mol. The number of carbonyl (C=O) groups excluding carboxylic acids is 2. The van der Waals surface area contributed by atoms with Crippen LogP contribution in [0.4, 0.5) is 4.79 Å². The number of esters is 1. The maximum absolute atomic E-state index is 11.4. The van der Waals surface area contributed by atoms with Gasteiger partial charge in [-0.25, -0.2) is 4.79 Å². The summed E-state index contributed by atoms with van der Waals surface area (Å²) in [5, 5.41) is 8.48. The van der Waals surface area contributed by atoms with Crippen LogP contribution in [0.1, 0.15) is 13.8 Å². The van der Waals surface area contributed by atoms with Crippen LogP contribution in [0.2, 0.25) is 0 Å². The van der Waals surface area contributed by atoms with Gasteiger partial charge in [0.1, 0.15) is 13.2 Å². The van der Waals surface area contributed by atoms with Crippen molar-refractivity contribution in [1.29, 1.82) is 0 Å². The van der Waals surface area contributed by atoms with Gasteiger partial charge in [0.25, 0.3) is 0 Å². The smallest absolute Gasteiger partial charge is 0.410 e. The standard InChI is InChI=1S/C9H17NO5/c1-7(2)10(6-8(12)14-3)9(13)15-5-4-11/h7,11H,4-6H2,1-3H3. The Labute approximate surface area is 88.8 Å². The van der Waals surface area contributed by atoms with Crippen molar-refractivity contribution >= 4 is 12.1 Å². The van der Waals surface area contributed by atoms with E-state index in [1.807, 2.05) is 0 Å². The van der Waals surface area contributed by atoms with Gasteiger partial charge in [0.2, 0.25) is 0 Å². The molecule has 0 aliphatic heterocycles. The van der Waals surface area contributed by atoms with Crippen molar-refractivity contribution in [3.63, 3.8) is 0 Å². The number of aliphatic hydroxyl groups is 1. The summed E-state index contributed by atoms with van der Waals surface area (Å²) in [7, 11) is 1.25. The molecular weight excluding hydrogens is 202 g/mol. The van der Waals surface area contributed by atoms with Gasteiger partial charge in [-0.3, -0.25) is 9.69 Å². The van der Waals surface area contributed by atoms with Gasteiger partial charge >= 0.3 is 12.1 Å². The second-order valence-corrected chi connectivity index (χ2v) is 3.14. The van der Waals surface area contributed by atoms with Gasteiger partial charge in [0.05, 0.1) is 13.7 Å². The van der Waals surface area contributed by atoms with E-state index in [9.17, 15) is 9.59 Å². The van der Waals surface area contributed by atoms with E-state index >= 15 is 0 Å². The largest absolute Gasteiger partial charge is 0.468 e. The van der Waals surface area contributed by atoms with Crippen molar-refractivity contribution in [2.75, 3.05) is 26.9 Å². The highest BCUT2D eigenvalue weighted by Gasteiger charge is 2.21. The zero-order valence-corrected chi connectivity index (χ0v) is 9.23. The molecular formula is C9H17NO5. The predicted octanol–water partition coefficient (Wildman–Crippen LogP) is -0.00130. The molecule has 0 atom stereocenters. The Bertz CT molecular complexity index is 217. The van der Waals surface area contributed by atoms with Gasteiger partial charge in [0, 0.05) is 6.04 Å². The summed E-state index contributed by atoms with van der Waals surface area (Å²) in [6.45, 7) is 3.03. The monoisotopic (exact) mass is 219 g/mol. The lowest BCUT2D eigenvalue weighted by atomic mass is 10.3. The molecule has 0 bridgehead atoms. The molecule has 1 amide bonds. The van der Waals surface area contributed by atoms with Gasteiger partial charge in [-0.05, 0) is 13.8 Å². The van der Waals surface area contributed by atoms with Crippen LogP contribution in [-0.4, -0.2) is 55.0 Å². The van der Waals surface area contributed by atoms with Crippen LogP contribution in [-0.2, 0) is 14.3 Å². The van der Waals surface area contributed by atoms with Gasteiger partial charge in [0.15, 0.2) is 0 Å². The molecule has 0 heterocycles. The number of ether oxygens (including phenoxy) is 2. The molecule has 0 fully saturated rings. The fourth-order valence-corrected chi connectivity index (χ4v) is 0.877. The lowest BCUT2D eigenvalue weighted by molar-refractivity contribution is -0.142. The molecule has 0 aliphatic carbocycles. The van der Waals surface area contributed by atoms with Crippen LogP contribution in [0.3, 0.4) is 0 Å². The Balaban J connectivity index is 4.25. The van der Waals surface area contributed by atoms with E-state index in [1.165, 1.54) is 12.0 Å². The van der Waals surface area contributed by atoms with Gasteiger partial charge in [-0.15, -0.1) is 0 Å². The normalized spacial score (nSPS) is 9.93. The van der Waals surface area contributed by atoms with Crippen molar-refractivity contribution < 1.29 is 24.2 Å². The lowest BCUT2D eigenvalue weighted by Gasteiger charge is -2.24. The maximum Gasteiger partial charge on any atom is 0.410 e. The summed E-state index contributed by atoms with van der Waals surface area (Å²) >= 11 is 0. The topological polar surface area (TPSA) is 76.1 Å². The van der Waals surface area contributed by atoms with E-state index < -0.39 is 12.1 Å². The van der Waals surface area contributed by atoms with Crippen molar-refractivity contribution in [3.8, 4) is 0 Å². The number of methoxy groups -OCH3 is 1. The fourth-order valence-electron chi connectivity index (χ4n) is 0.877. The lowest BCUT2D eigenvalue weighted by Crippen LogP contribution is -2.41. The van der Waals surface area contributed by atoms with Gasteiger partial charge in [-0.1, -0.05) is 0 Å². The molecule has 0 saturated heterocycles. The van der Waals surface area contributed by atoms with Crippen molar-refractivity contribution in [1.82, 2.24) is 4.90 Å². The molecule has 0 rings (SSSR count). The van der Waals surface area contributed by atoms with Crippen LogP contribution >= 0.6 is 0 Å². The molecule has 88 valence electrons. The second-order valence-electron chi connectivity index (χ2n) is 3.14. The molecule has 6 nitrogen and oxygen atoms in total. The second kappa shape index (κ2) is 7.05. The summed E-state index contributed by atoms with van der Waals surface area (Å²) in [4.78, 5) is 23.6. The highest BCUT2D eigenvalue weighted by molar-refractivity contribution is 5.78. The third kappa shape index (κ3) is 5.21. The van der Waals surface area contributed by atoms with Crippen molar-refractivity contribution in [2.24, 2.45) is 0 Å². The molecule has 15 heavy (non-hydrogen) atoms. The number of carbonyl (C=O) groups is 2. The third-order valence-corrected chi connectivity index (χ3v) is 1.70. The highest BCUT2D eigenvalue weighted by Crippen LogP contribution is 2.01. The number of rotatable bonds is 5. The summed E-state index contributed by atoms with van der Waals surface area (Å²) in [6, 6.07) is -0.171. The molecule has 0 spiro atoms. The zero-order chi connectivity index (χ0) is 11.8. The zero-order valence-electron chi connectivity index (χ0n) is 9.23. The molecule has 0 aromatic heterocycles. The number of hydrogen-bond donors (Lipinski definition) is 1. The van der Waals surface area contributed by atoms with Crippen LogP contribution in [0.15, 0.2) is 0 Å². The number of nitrogens with zero attached hydrogens (tertiary/aromatic N) is 1. The van der Waals surface area contributed by atoms with Gasteiger partial charge < -0.3 is 14.6 Å². The fraction of sp³-hybridized carbons (Fsp3) is 0.778. The molecule has 6 heteroatoms. The summed E-state index contributed by atoms with van der Waals surface area (Å²) in [5.74, 6) is -0.510. The average molecular weight is 219 g/mol. The Morgan fingerprint density at radius 1 is 1.40 bits per heavy atom. The molecule has 1 N–H and O–H groups in total. The molecule has 0 radical (unpaired) electrons. The van der Waals surface area contributed by atoms with Crippen LogP contribution in [0.5, 0.6) is 0 Å².